The Kier molecular flexibility index (Phi) is 3.61. The van der Waals surface area contributed by atoms with Crippen molar-refractivity contribution in [1.29, 1.82) is 0 Å². The van der Waals surface area contributed by atoms with Gasteiger partial charge in [-0.05, 0) is 31.0 Å². The second kappa shape index (κ2) is 5.91. The van der Waals surface area contributed by atoms with E-state index in [-0.39, 0.29) is 0 Å². The smallest absolute Gasteiger partial charge is 0.140 e. The van der Waals surface area contributed by atoms with Gasteiger partial charge < -0.3 is 10.1 Å². The van der Waals surface area contributed by atoms with Gasteiger partial charge in [-0.2, -0.15) is 0 Å². The molecular formula is C18H20N4O. The molecule has 3 heterocycles. The molecule has 0 amide bonds. The molecule has 1 fully saturated rings. The first-order valence-electron chi connectivity index (χ1n) is 8.09. The monoisotopic (exact) mass is 308 g/mol. The third kappa shape index (κ3) is 2.63. The summed E-state index contributed by atoms with van der Waals surface area (Å²) in [5.41, 5.74) is 2.63. The van der Waals surface area contributed by atoms with Crippen LogP contribution in [0.1, 0.15) is 25.7 Å². The molecule has 1 aliphatic carbocycles. The van der Waals surface area contributed by atoms with Crippen LogP contribution in [0.5, 0.6) is 5.75 Å². The maximum absolute atomic E-state index is 5.33. The molecule has 1 saturated carbocycles. The van der Waals surface area contributed by atoms with Gasteiger partial charge in [0.05, 0.1) is 12.8 Å². The van der Waals surface area contributed by atoms with E-state index in [2.05, 4.69) is 14.7 Å². The molecule has 1 N–H and O–H groups in total. The van der Waals surface area contributed by atoms with Gasteiger partial charge in [-0.1, -0.05) is 18.9 Å². The van der Waals surface area contributed by atoms with Gasteiger partial charge in [0.25, 0.3) is 0 Å². The van der Waals surface area contributed by atoms with Crippen molar-refractivity contribution in [2.24, 2.45) is 0 Å². The average molecular weight is 308 g/mol. The van der Waals surface area contributed by atoms with Gasteiger partial charge >= 0.3 is 0 Å². The number of imidazole rings is 1. The van der Waals surface area contributed by atoms with Gasteiger partial charge in [0.2, 0.25) is 0 Å². The van der Waals surface area contributed by atoms with Crippen LogP contribution < -0.4 is 10.1 Å². The SMILES string of the molecule is COc1ccnc(-c2nc3ccccn3c2NC2CCCC2)c1. The molecule has 0 bridgehead atoms. The van der Waals surface area contributed by atoms with E-state index in [1.54, 1.807) is 13.3 Å². The minimum atomic E-state index is 0.513. The summed E-state index contributed by atoms with van der Waals surface area (Å²) in [5.74, 6) is 1.81. The molecule has 5 heteroatoms. The lowest BCUT2D eigenvalue weighted by atomic mass is 10.2. The lowest BCUT2D eigenvalue weighted by Gasteiger charge is -2.14. The molecule has 0 saturated heterocycles. The molecule has 0 aliphatic heterocycles. The molecular weight excluding hydrogens is 288 g/mol. The minimum Gasteiger partial charge on any atom is -0.497 e. The number of anilines is 1. The van der Waals surface area contributed by atoms with Crippen LogP contribution in [-0.4, -0.2) is 27.5 Å². The van der Waals surface area contributed by atoms with Crippen molar-refractivity contribution in [1.82, 2.24) is 14.4 Å². The fraction of sp³-hybridized carbons (Fsp3) is 0.333. The quantitative estimate of drug-likeness (QED) is 0.797. The fourth-order valence-corrected chi connectivity index (χ4v) is 3.24. The van der Waals surface area contributed by atoms with Crippen LogP contribution in [0.25, 0.3) is 17.0 Å². The highest BCUT2D eigenvalue weighted by atomic mass is 16.5. The summed E-state index contributed by atoms with van der Waals surface area (Å²) in [6.07, 6.45) is 8.82. The molecule has 0 atom stereocenters. The highest BCUT2D eigenvalue weighted by molar-refractivity contribution is 5.75. The second-order valence-corrected chi connectivity index (χ2v) is 5.94. The Morgan fingerprint density at radius 3 is 2.91 bits per heavy atom. The van der Waals surface area contributed by atoms with Crippen molar-refractivity contribution in [2.45, 2.75) is 31.7 Å². The van der Waals surface area contributed by atoms with Gasteiger partial charge in [-0.3, -0.25) is 9.38 Å². The van der Waals surface area contributed by atoms with Crippen LogP contribution in [0.4, 0.5) is 5.82 Å². The van der Waals surface area contributed by atoms with Crippen LogP contribution >= 0.6 is 0 Å². The largest absolute Gasteiger partial charge is 0.497 e. The maximum atomic E-state index is 5.33. The van der Waals surface area contributed by atoms with Crippen molar-refractivity contribution >= 4 is 11.5 Å². The van der Waals surface area contributed by atoms with Crippen LogP contribution in [0.2, 0.25) is 0 Å². The zero-order chi connectivity index (χ0) is 15.6. The Labute approximate surface area is 135 Å². The van der Waals surface area contributed by atoms with Crippen LogP contribution in [0.3, 0.4) is 0 Å². The van der Waals surface area contributed by atoms with E-state index < -0.39 is 0 Å². The van der Waals surface area contributed by atoms with Crippen molar-refractivity contribution in [3.8, 4) is 17.1 Å². The second-order valence-electron chi connectivity index (χ2n) is 5.94. The van der Waals surface area contributed by atoms with Crippen molar-refractivity contribution in [3.05, 3.63) is 42.7 Å². The van der Waals surface area contributed by atoms with Gasteiger partial charge in [-0.25, -0.2) is 4.98 Å². The summed E-state index contributed by atoms with van der Waals surface area (Å²) in [4.78, 5) is 9.28. The molecule has 3 aromatic heterocycles. The summed E-state index contributed by atoms with van der Waals surface area (Å²) < 4.78 is 7.43. The molecule has 23 heavy (non-hydrogen) atoms. The summed E-state index contributed by atoms with van der Waals surface area (Å²) in [5, 5.41) is 3.69. The number of fused-ring (bicyclic) bond motifs is 1. The number of hydrogen-bond acceptors (Lipinski definition) is 4. The van der Waals surface area contributed by atoms with E-state index in [1.165, 1.54) is 25.7 Å². The normalized spacial score (nSPS) is 15.2. The van der Waals surface area contributed by atoms with Crippen LogP contribution in [0, 0.1) is 0 Å². The highest BCUT2D eigenvalue weighted by Gasteiger charge is 2.21. The first kappa shape index (κ1) is 14.1. The third-order valence-corrected chi connectivity index (χ3v) is 4.44. The molecule has 0 unspecified atom stereocenters. The average Bonchev–Trinajstić information content (AvgIpc) is 3.24. The first-order chi connectivity index (χ1) is 11.3. The number of methoxy groups -OCH3 is 1. The first-order valence-corrected chi connectivity index (χ1v) is 8.09. The zero-order valence-corrected chi connectivity index (χ0v) is 13.2. The van der Waals surface area contributed by atoms with Gasteiger partial charge in [0, 0.05) is 24.5 Å². The van der Waals surface area contributed by atoms with Crippen LogP contribution in [0.15, 0.2) is 42.7 Å². The molecule has 0 aromatic carbocycles. The standard InChI is InChI=1S/C18H20N4O/c1-23-14-9-10-19-15(12-14)17-18(20-13-6-2-3-7-13)22-11-5-4-8-16(22)21-17/h4-5,8-13,20H,2-3,6-7H2,1H3. The van der Waals surface area contributed by atoms with Crippen LogP contribution in [-0.2, 0) is 0 Å². The minimum absolute atomic E-state index is 0.513. The Morgan fingerprint density at radius 1 is 1.22 bits per heavy atom. The topological polar surface area (TPSA) is 51.5 Å². The van der Waals surface area contributed by atoms with E-state index in [4.69, 9.17) is 9.72 Å². The molecule has 4 rings (SSSR count). The Morgan fingerprint density at radius 2 is 2.09 bits per heavy atom. The van der Waals surface area contributed by atoms with Crippen molar-refractivity contribution in [2.75, 3.05) is 12.4 Å². The Balaban J connectivity index is 1.83. The zero-order valence-electron chi connectivity index (χ0n) is 13.2. The number of rotatable bonds is 4. The van der Waals surface area contributed by atoms with Gasteiger partial charge in [0.1, 0.15) is 22.9 Å². The molecule has 0 radical (unpaired) electrons. The third-order valence-electron chi connectivity index (χ3n) is 4.44. The summed E-state index contributed by atoms with van der Waals surface area (Å²) in [6.45, 7) is 0. The van der Waals surface area contributed by atoms with E-state index >= 15 is 0 Å². The molecule has 0 spiro atoms. The van der Waals surface area contributed by atoms with Crippen molar-refractivity contribution in [3.63, 3.8) is 0 Å². The lowest BCUT2D eigenvalue weighted by molar-refractivity contribution is 0.414. The van der Waals surface area contributed by atoms with Gasteiger partial charge in [-0.15, -0.1) is 0 Å². The number of ether oxygens (including phenoxy) is 1. The molecule has 118 valence electrons. The number of hydrogen-bond donors (Lipinski definition) is 1. The Hall–Kier alpha value is -2.56. The van der Waals surface area contributed by atoms with E-state index in [0.717, 1.165) is 28.6 Å². The van der Waals surface area contributed by atoms with E-state index in [1.807, 2.05) is 36.5 Å². The number of aromatic nitrogens is 3. The number of pyridine rings is 2. The maximum Gasteiger partial charge on any atom is 0.140 e. The molecule has 3 aromatic rings. The lowest BCUT2D eigenvalue weighted by Crippen LogP contribution is -2.16. The number of nitrogens with one attached hydrogen (secondary N) is 1. The highest BCUT2D eigenvalue weighted by Crippen LogP contribution is 2.31. The number of nitrogens with zero attached hydrogens (tertiary/aromatic N) is 3. The fourth-order valence-electron chi connectivity index (χ4n) is 3.24. The summed E-state index contributed by atoms with van der Waals surface area (Å²) in [7, 11) is 1.67. The van der Waals surface area contributed by atoms with Gasteiger partial charge in [0.15, 0.2) is 0 Å². The molecule has 1 aliphatic rings. The Bertz CT molecular complexity index is 821. The van der Waals surface area contributed by atoms with E-state index in [9.17, 15) is 0 Å². The summed E-state index contributed by atoms with van der Waals surface area (Å²) >= 11 is 0. The predicted molar refractivity (Wildman–Crippen MR) is 90.9 cm³/mol. The van der Waals surface area contributed by atoms with E-state index in [0.29, 0.717) is 6.04 Å². The summed E-state index contributed by atoms with van der Waals surface area (Å²) in [6, 6.07) is 10.3. The predicted octanol–water partition coefficient (Wildman–Crippen LogP) is 3.76. The molecule has 5 nitrogen and oxygen atoms in total. The van der Waals surface area contributed by atoms with Crippen molar-refractivity contribution < 1.29 is 4.74 Å².